The van der Waals surface area contributed by atoms with Crippen LogP contribution in [-0.4, -0.2) is 43.2 Å². The first kappa shape index (κ1) is 16.9. The van der Waals surface area contributed by atoms with E-state index in [1.807, 2.05) is 12.1 Å². The third kappa shape index (κ3) is 3.51. The molecule has 2 heterocycles. The van der Waals surface area contributed by atoms with Gasteiger partial charge in [0, 0.05) is 49.5 Å². The smallest absolute Gasteiger partial charge is 0.118 e. The maximum absolute atomic E-state index is 5.24. The van der Waals surface area contributed by atoms with Gasteiger partial charge < -0.3 is 9.64 Å². The standard InChI is InChI=1S/C22H25N3O/c1-17-15-22(20-5-3-4-6-21(20)23-17)25-13-11-24(12-14-25)16-18-7-9-19(26-2)10-8-18/h3-10,15H,11-14,16H2,1-2H3. The summed E-state index contributed by atoms with van der Waals surface area (Å²) in [6, 6.07) is 19.1. The highest BCUT2D eigenvalue weighted by Crippen LogP contribution is 2.27. The fourth-order valence-electron chi connectivity index (χ4n) is 3.68. The van der Waals surface area contributed by atoms with Crippen LogP contribution in [0.25, 0.3) is 10.9 Å². The topological polar surface area (TPSA) is 28.6 Å². The van der Waals surface area contributed by atoms with Crippen molar-refractivity contribution in [1.29, 1.82) is 0 Å². The summed E-state index contributed by atoms with van der Waals surface area (Å²) in [7, 11) is 1.71. The maximum atomic E-state index is 5.24. The van der Waals surface area contributed by atoms with Crippen LogP contribution in [0.1, 0.15) is 11.3 Å². The van der Waals surface area contributed by atoms with Crippen molar-refractivity contribution in [3.63, 3.8) is 0 Å². The number of pyridine rings is 1. The molecule has 1 saturated heterocycles. The number of aromatic nitrogens is 1. The van der Waals surface area contributed by atoms with E-state index in [2.05, 4.69) is 64.2 Å². The van der Waals surface area contributed by atoms with Gasteiger partial charge >= 0.3 is 0 Å². The van der Waals surface area contributed by atoms with Crippen LogP contribution in [0.15, 0.2) is 54.6 Å². The lowest BCUT2D eigenvalue weighted by atomic mass is 10.1. The first-order valence-electron chi connectivity index (χ1n) is 9.19. The number of nitrogens with zero attached hydrogens (tertiary/aromatic N) is 3. The third-order valence-corrected chi connectivity index (χ3v) is 5.10. The number of benzene rings is 2. The van der Waals surface area contributed by atoms with Crippen LogP contribution in [0.2, 0.25) is 0 Å². The fourth-order valence-corrected chi connectivity index (χ4v) is 3.68. The monoisotopic (exact) mass is 347 g/mol. The van der Waals surface area contributed by atoms with Gasteiger partial charge in [0.05, 0.1) is 12.6 Å². The minimum atomic E-state index is 0.915. The zero-order chi connectivity index (χ0) is 17.9. The highest BCUT2D eigenvalue weighted by Gasteiger charge is 2.19. The molecule has 0 atom stereocenters. The van der Waals surface area contributed by atoms with Gasteiger partial charge in [-0.15, -0.1) is 0 Å². The molecule has 1 aliphatic heterocycles. The van der Waals surface area contributed by atoms with E-state index in [0.717, 1.165) is 49.7 Å². The van der Waals surface area contributed by atoms with E-state index < -0.39 is 0 Å². The normalized spacial score (nSPS) is 15.4. The van der Waals surface area contributed by atoms with Crippen LogP contribution in [0.5, 0.6) is 5.75 Å². The molecule has 0 N–H and O–H groups in total. The van der Waals surface area contributed by atoms with Crippen molar-refractivity contribution in [3.05, 3.63) is 65.9 Å². The lowest BCUT2D eigenvalue weighted by Crippen LogP contribution is -2.46. The van der Waals surface area contributed by atoms with E-state index in [9.17, 15) is 0 Å². The molecular formula is C22H25N3O. The van der Waals surface area contributed by atoms with Crippen molar-refractivity contribution >= 4 is 16.6 Å². The second-order valence-corrected chi connectivity index (χ2v) is 6.91. The van der Waals surface area contributed by atoms with Gasteiger partial charge in [-0.3, -0.25) is 9.88 Å². The summed E-state index contributed by atoms with van der Waals surface area (Å²) in [6.45, 7) is 7.31. The summed E-state index contributed by atoms with van der Waals surface area (Å²) < 4.78 is 5.24. The molecule has 3 aromatic rings. The Balaban J connectivity index is 1.45. The maximum Gasteiger partial charge on any atom is 0.118 e. The quantitative estimate of drug-likeness (QED) is 0.716. The first-order valence-corrected chi connectivity index (χ1v) is 9.19. The Labute approximate surface area is 155 Å². The zero-order valence-corrected chi connectivity index (χ0v) is 15.5. The average molecular weight is 347 g/mol. The molecular weight excluding hydrogens is 322 g/mol. The number of ether oxygens (including phenoxy) is 1. The molecule has 0 radical (unpaired) electrons. The van der Waals surface area contributed by atoms with Crippen molar-refractivity contribution in [2.45, 2.75) is 13.5 Å². The SMILES string of the molecule is COc1ccc(CN2CCN(c3cc(C)nc4ccccc34)CC2)cc1. The number of aryl methyl sites for hydroxylation is 1. The molecule has 1 aromatic heterocycles. The predicted octanol–water partition coefficient (Wildman–Crippen LogP) is 3.87. The zero-order valence-electron chi connectivity index (χ0n) is 15.5. The van der Waals surface area contributed by atoms with Gasteiger partial charge in [-0.1, -0.05) is 30.3 Å². The van der Waals surface area contributed by atoms with Crippen LogP contribution >= 0.6 is 0 Å². The largest absolute Gasteiger partial charge is 0.497 e. The van der Waals surface area contributed by atoms with E-state index in [-0.39, 0.29) is 0 Å². The highest BCUT2D eigenvalue weighted by molar-refractivity contribution is 5.92. The van der Waals surface area contributed by atoms with Crippen LogP contribution in [0.4, 0.5) is 5.69 Å². The van der Waals surface area contributed by atoms with Crippen LogP contribution in [-0.2, 0) is 6.54 Å². The average Bonchev–Trinajstić information content (AvgIpc) is 2.68. The van der Waals surface area contributed by atoms with Gasteiger partial charge in [-0.2, -0.15) is 0 Å². The number of methoxy groups -OCH3 is 1. The van der Waals surface area contributed by atoms with Gasteiger partial charge in [0.1, 0.15) is 5.75 Å². The number of hydrogen-bond donors (Lipinski definition) is 0. The molecule has 0 bridgehead atoms. The Bertz CT molecular complexity index is 884. The second-order valence-electron chi connectivity index (χ2n) is 6.91. The Kier molecular flexibility index (Phi) is 4.76. The van der Waals surface area contributed by atoms with Crippen molar-refractivity contribution in [1.82, 2.24) is 9.88 Å². The minimum Gasteiger partial charge on any atom is -0.497 e. The fraction of sp³-hybridized carbons (Fsp3) is 0.318. The Morgan fingerprint density at radius 3 is 2.42 bits per heavy atom. The molecule has 2 aromatic carbocycles. The Hall–Kier alpha value is -2.59. The van der Waals surface area contributed by atoms with Gasteiger partial charge in [0.25, 0.3) is 0 Å². The predicted molar refractivity (Wildman–Crippen MR) is 107 cm³/mol. The van der Waals surface area contributed by atoms with E-state index >= 15 is 0 Å². The molecule has 1 aliphatic rings. The summed E-state index contributed by atoms with van der Waals surface area (Å²) in [5, 5.41) is 1.25. The Morgan fingerprint density at radius 2 is 1.69 bits per heavy atom. The number of anilines is 1. The molecule has 4 rings (SSSR count). The summed E-state index contributed by atoms with van der Waals surface area (Å²) >= 11 is 0. The molecule has 4 nitrogen and oxygen atoms in total. The van der Waals surface area contributed by atoms with Crippen LogP contribution < -0.4 is 9.64 Å². The van der Waals surface area contributed by atoms with Crippen molar-refractivity contribution in [2.24, 2.45) is 0 Å². The lowest BCUT2D eigenvalue weighted by molar-refractivity contribution is 0.250. The highest BCUT2D eigenvalue weighted by atomic mass is 16.5. The minimum absolute atomic E-state index is 0.915. The molecule has 0 amide bonds. The molecule has 134 valence electrons. The van der Waals surface area contributed by atoms with E-state index in [1.165, 1.54) is 16.6 Å². The molecule has 0 unspecified atom stereocenters. The van der Waals surface area contributed by atoms with Gasteiger partial charge in [-0.05, 0) is 36.8 Å². The summed E-state index contributed by atoms with van der Waals surface area (Å²) in [4.78, 5) is 9.69. The van der Waals surface area contributed by atoms with Crippen molar-refractivity contribution in [3.8, 4) is 5.75 Å². The van der Waals surface area contributed by atoms with Crippen LogP contribution in [0.3, 0.4) is 0 Å². The Morgan fingerprint density at radius 1 is 0.962 bits per heavy atom. The molecule has 1 fully saturated rings. The van der Waals surface area contributed by atoms with Crippen molar-refractivity contribution < 1.29 is 4.74 Å². The first-order chi connectivity index (χ1) is 12.7. The summed E-state index contributed by atoms with van der Waals surface area (Å²) in [5.41, 5.74) is 4.82. The molecule has 0 spiro atoms. The third-order valence-electron chi connectivity index (χ3n) is 5.10. The van der Waals surface area contributed by atoms with E-state index in [4.69, 9.17) is 4.74 Å². The number of rotatable bonds is 4. The summed E-state index contributed by atoms with van der Waals surface area (Å²) in [6.07, 6.45) is 0. The summed E-state index contributed by atoms with van der Waals surface area (Å²) in [5.74, 6) is 0.915. The van der Waals surface area contributed by atoms with Crippen LogP contribution in [0, 0.1) is 6.92 Å². The molecule has 4 heteroatoms. The van der Waals surface area contributed by atoms with Gasteiger partial charge in [0.2, 0.25) is 0 Å². The molecule has 0 aliphatic carbocycles. The van der Waals surface area contributed by atoms with Crippen molar-refractivity contribution in [2.75, 3.05) is 38.2 Å². The number of para-hydroxylation sites is 1. The lowest BCUT2D eigenvalue weighted by Gasteiger charge is -2.36. The van der Waals surface area contributed by atoms with E-state index in [0.29, 0.717) is 0 Å². The van der Waals surface area contributed by atoms with Gasteiger partial charge in [0.15, 0.2) is 0 Å². The van der Waals surface area contributed by atoms with E-state index in [1.54, 1.807) is 7.11 Å². The molecule has 26 heavy (non-hydrogen) atoms. The van der Waals surface area contributed by atoms with Gasteiger partial charge in [-0.25, -0.2) is 0 Å². The second kappa shape index (κ2) is 7.34. The number of hydrogen-bond acceptors (Lipinski definition) is 4. The number of fused-ring (bicyclic) bond motifs is 1. The number of piperazine rings is 1. The molecule has 0 saturated carbocycles.